The number of aliphatic hydroxyl groups excluding tert-OH is 1. The summed E-state index contributed by atoms with van der Waals surface area (Å²) in [4.78, 5) is 0. The van der Waals surface area contributed by atoms with Gasteiger partial charge in [0.2, 0.25) is 0 Å². The average Bonchev–Trinajstić information content (AvgIpc) is 2.63. The van der Waals surface area contributed by atoms with Crippen molar-refractivity contribution in [3.05, 3.63) is 0 Å². The second kappa shape index (κ2) is 4.94. The molecule has 1 N–H and O–H groups in total. The van der Waals surface area contributed by atoms with Gasteiger partial charge in [-0.2, -0.15) is 0 Å². The zero-order chi connectivity index (χ0) is 15.5. The summed E-state index contributed by atoms with van der Waals surface area (Å²) in [5.74, 6) is 0.197. The fraction of sp³-hybridized carbons (Fsp3) is 1.00. The van der Waals surface area contributed by atoms with E-state index in [1.807, 2.05) is 0 Å². The first-order chi connectivity index (χ1) is 9.75. The van der Waals surface area contributed by atoms with Crippen LogP contribution in [0.4, 0.5) is 0 Å². The Morgan fingerprint density at radius 2 is 1.62 bits per heavy atom. The third-order valence-corrected chi connectivity index (χ3v) is 7.00. The van der Waals surface area contributed by atoms with Gasteiger partial charge in [0.25, 0.3) is 0 Å². The summed E-state index contributed by atoms with van der Waals surface area (Å²) in [5.41, 5.74) is 0.483. The van der Waals surface area contributed by atoms with Crippen molar-refractivity contribution in [1.29, 1.82) is 0 Å². The van der Waals surface area contributed by atoms with Crippen LogP contribution in [0.15, 0.2) is 0 Å². The van der Waals surface area contributed by atoms with Crippen LogP contribution >= 0.6 is 0 Å². The second-order valence-electron chi connectivity index (χ2n) is 8.63. The maximum Gasteiger partial charge on any atom is 0.174 e. The van der Waals surface area contributed by atoms with Crippen molar-refractivity contribution in [3.63, 3.8) is 0 Å². The minimum Gasteiger partial charge on any atom is -0.396 e. The molecule has 21 heavy (non-hydrogen) atoms. The molecule has 0 aromatic heterocycles. The molecule has 0 aromatic carbocycles. The van der Waals surface area contributed by atoms with Crippen molar-refractivity contribution in [1.82, 2.24) is 0 Å². The van der Waals surface area contributed by atoms with Gasteiger partial charge in [-0.1, -0.05) is 27.2 Å². The van der Waals surface area contributed by atoms with E-state index >= 15 is 0 Å². The molecule has 3 nitrogen and oxygen atoms in total. The van der Waals surface area contributed by atoms with E-state index in [1.165, 1.54) is 19.3 Å². The Hall–Kier alpha value is -0.120. The van der Waals surface area contributed by atoms with Gasteiger partial charge in [-0.05, 0) is 49.9 Å². The molecule has 3 heteroatoms. The largest absolute Gasteiger partial charge is 0.396 e. The topological polar surface area (TPSA) is 38.7 Å². The van der Waals surface area contributed by atoms with Gasteiger partial charge in [0, 0.05) is 12.3 Å². The maximum atomic E-state index is 10.2. The lowest BCUT2D eigenvalue weighted by atomic mass is 9.47. The lowest BCUT2D eigenvalue weighted by molar-refractivity contribution is -0.287. The molecule has 0 unspecified atom stereocenters. The summed E-state index contributed by atoms with van der Waals surface area (Å²) in [6.07, 6.45) is 6.05. The Labute approximate surface area is 129 Å². The van der Waals surface area contributed by atoms with Crippen LogP contribution in [0.5, 0.6) is 0 Å². The Kier molecular flexibility index (Phi) is 3.71. The fourth-order valence-electron chi connectivity index (χ4n) is 5.80. The van der Waals surface area contributed by atoms with Gasteiger partial charge >= 0.3 is 0 Å². The summed E-state index contributed by atoms with van der Waals surface area (Å²) in [6.45, 7) is 11.5. The molecule has 2 saturated carbocycles. The highest BCUT2D eigenvalue weighted by molar-refractivity contribution is 5.08. The SMILES string of the molecule is C[C@H]1OC2(CC[C@H]3C(C)(C)CCC[C@]3(C)[C@H]2CO)O[C@@H]1C. The van der Waals surface area contributed by atoms with E-state index in [1.54, 1.807) is 0 Å². The zero-order valence-corrected chi connectivity index (χ0v) is 14.3. The molecule has 0 aromatic rings. The first kappa shape index (κ1) is 15.8. The van der Waals surface area contributed by atoms with Gasteiger partial charge in [-0.3, -0.25) is 0 Å². The molecule has 122 valence electrons. The quantitative estimate of drug-likeness (QED) is 0.801. The lowest BCUT2D eigenvalue weighted by Gasteiger charge is -2.61. The Bertz CT molecular complexity index is 395. The van der Waals surface area contributed by atoms with Crippen molar-refractivity contribution in [2.24, 2.45) is 22.7 Å². The highest BCUT2D eigenvalue weighted by Crippen LogP contribution is 2.63. The van der Waals surface area contributed by atoms with Crippen molar-refractivity contribution >= 4 is 0 Å². The van der Waals surface area contributed by atoms with Crippen LogP contribution in [0.2, 0.25) is 0 Å². The first-order valence-electron chi connectivity index (χ1n) is 8.72. The minimum absolute atomic E-state index is 0.0933. The highest BCUT2D eigenvalue weighted by atomic mass is 16.8. The number of fused-ring (bicyclic) bond motifs is 1. The van der Waals surface area contributed by atoms with Crippen LogP contribution < -0.4 is 0 Å². The molecular formula is C18H32O3. The number of aliphatic hydroxyl groups is 1. The molecule has 1 spiro atoms. The van der Waals surface area contributed by atoms with Crippen LogP contribution in [0, 0.1) is 22.7 Å². The van der Waals surface area contributed by atoms with Crippen LogP contribution in [0.1, 0.15) is 66.7 Å². The zero-order valence-electron chi connectivity index (χ0n) is 14.3. The summed E-state index contributed by atoms with van der Waals surface area (Å²) < 4.78 is 12.6. The van der Waals surface area contributed by atoms with Crippen LogP contribution in [0.3, 0.4) is 0 Å². The molecule has 0 bridgehead atoms. The smallest absolute Gasteiger partial charge is 0.174 e. The molecule has 1 saturated heterocycles. The monoisotopic (exact) mass is 296 g/mol. The summed E-state index contributed by atoms with van der Waals surface area (Å²) in [6, 6.07) is 0. The van der Waals surface area contributed by atoms with E-state index in [4.69, 9.17) is 9.47 Å². The predicted molar refractivity (Wildman–Crippen MR) is 82.9 cm³/mol. The van der Waals surface area contributed by atoms with E-state index in [2.05, 4.69) is 34.6 Å². The van der Waals surface area contributed by atoms with E-state index in [0.717, 1.165) is 12.8 Å². The second-order valence-corrected chi connectivity index (χ2v) is 8.63. The van der Waals surface area contributed by atoms with Crippen LogP contribution in [-0.2, 0) is 9.47 Å². The molecule has 0 radical (unpaired) electrons. The van der Waals surface area contributed by atoms with Crippen molar-refractivity contribution < 1.29 is 14.6 Å². The third-order valence-electron chi connectivity index (χ3n) is 7.00. The molecule has 1 heterocycles. The maximum absolute atomic E-state index is 10.2. The molecule has 3 rings (SSSR count). The van der Waals surface area contributed by atoms with Crippen LogP contribution in [-0.4, -0.2) is 29.7 Å². The van der Waals surface area contributed by atoms with Gasteiger partial charge in [0.1, 0.15) is 0 Å². The number of rotatable bonds is 1. The molecule has 1 aliphatic heterocycles. The van der Waals surface area contributed by atoms with Gasteiger partial charge < -0.3 is 14.6 Å². The van der Waals surface area contributed by atoms with Gasteiger partial charge in [0.15, 0.2) is 5.79 Å². The van der Waals surface area contributed by atoms with E-state index < -0.39 is 5.79 Å². The normalized spacial score (nSPS) is 48.3. The summed E-state index contributed by atoms with van der Waals surface area (Å²) in [5, 5.41) is 10.2. The van der Waals surface area contributed by atoms with Gasteiger partial charge in [0.05, 0.1) is 18.8 Å². The number of hydrogen-bond donors (Lipinski definition) is 1. The number of hydrogen-bond acceptors (Lipinski definition) is 3. The van der Waals surface area contributed by atoms with Crippen molar-refractivity contribution in [2.45, 2.75) is 84.7 Å². The molecule has 2 aliphatic carbocycles. The molecule has 3 aliphatic rings. The molecule has 3 fully saturated rings. The predicted octanol–water partition coefficient (Wildman–Crippen LogP) is 3.74. The van der Waals surface area contributed by atoms with Gasteiger partial charge in [-0.15, -0.1) is 0 Å². The minimum atomic E-state index is -0.549. The Morgan fingerprint density at radius 3 is 2.19 bits per heavy atom. The fourth-order valence-corrected chi connectivity index (χ4v) is 5.80. The van der Waals surface area contributed by atoms with E-state index in [9.17, 15) is 5.11 Å². The van der Waals surface area contributed by atoms with Crippen LogP contribution in [0.25, 0.3) is 0 Å². The standard InChI is InChI=1S/C18H32O3/c1-12-13(2)21-18(20-12)10-7-14-16(3,4)8-6-9-17(14,5)15(18)11-19/h12-15,19H,6-11H2,1-5H3/t12-,13-,14+,15-,17+/m1/s1. The Balaban J connectivity index is 1.96. The first-order valence-corrected chi connectivity index (χ1v) is 8.72. The number of ether oxygens (including phenoxy) is 2. The Morgan fingerprint density at radius 1 is 1.00 bits per heavy atom. The summed E-state index contributed by atoms with van der Waals surface area (Å²) in [7, 11) is 0. The average molecular weight is 296 g/mol. The molecule has 0 amide bonds. The molecule has 5 atom stereocenters. The van der Waals surface area contributed by atoms with Crippen molar-refractivity contribution in [3.8, 4) is 0 Å². The van der Waals surface area contributed by atoms with Crippen molar-refractivity contribution in [2.75, 3.05) is 6.61 Å². The van der Waals surface area contributed by atoms with E-state index in [-0.39, 0.29) is 30.1 Å². The van der Waals surface area contributed by atoms with Gasteiger partial charge in [-0.25, -0.2) is 0 Å². The summed E-state index contributed by atoms with van der Waals surface area (Å²) >= 11 is 0. The molecular weight excluding hydrogens is 264 g/mol. The van der Waals surface area contributed by atoms with E-state index in [0.29, 0.717) is 11.3 Å². The lowest BCUT2D eigenvalue weighted by Crippen LogP contribution is -2.60. The third kappa shape index (κ3) is 2.19. The highest BCUT2D eigenvalue weighted by Gasteiger charge is 2.63.